The second-order valence-corrected chi connectivity index (χ2v) is 6.29. The zero-order valence-corrected chi connectivity index (χ0v) is 13.8. The predicted octanol–water partition coefficient (Wildman–Crippen LogP) is 3.78. The molecule has 1 aliphatic rings. The number of rotatable bonds is 3. The summed E-state index contributed by atoms with van der Waals surface area (Å²) in [5, 5.41) is 2.79. The number of anilines is 2. The molecule has 0 bridgehead atoms. The van der Waals surface area contributed by atoms with Crippen LogP contribution in [0.2, 0.25) is 5.02 Å². The lowest BCUT2D eigenvalue weighted by molar-refractivity contribution is -0.122. The lowest BCUT2D eigenvalue weighted by Crippen LogP contribution is -2.28. The van der Waals surface area contributed by atoms with E-state index in [1.165, 1.54) is 12.1 Å². The van der Waals surface area contributed by atoms with Gasteiger partial charge in [0, 0.05) is 23.7 Å². The van der Waals surface area contributed by atoms with E-state index < -0.39 is 11.7 Å². The molecule has 1 N–H and O–H groups in total. The average Bonchev–Trinajstić information content (AvgIpc) is 2.93. The number of carbonyl (C=O) groups is 2. The van der Waals surface area contributed by atoms with Gasteiger partial charge in [0.25, 0.3) is 0 Å². The van der Waals surface area contributed by atoms with Gasteiger partial charge in [-0.15, -0.1) is 0 Å². The van der Waals surface area contributed by atoms with Gasteiger partial charge in [-0.3, -0.25) is 9.59 Å². The van der Waals surface area contributed by atoms with Gasteiger partial charge in [-0.05, 0) is 37.3 Å². The van der Waals surface area contributed by atoms with Gasteiger partial charge in [0.05, 0.1) is 11.6 Å². The fourth-order valence-electron chi connectivity index (χ4n) is 2.68. The van der Waals surface area contributed by atoms with Crippen LogP contribution < -0.4 is 10.2 Å². The predicted molar refractivity (Wildman–Crippen MR) is 91.7 cm³/mol. The first kappa shape index (κ1) is 16.5. The van der Waals surface area contributed by atoms with Gasteiger partial charge in [0.1, 0.15) is 5.82 Å². The Morgan fingerprint density at radius 3 is 2.62 bits per heavy atom. The molecule has 3 rings (SSSR count). The zero-order valence-electron chi connectivity index (χ0n) is 13.1. The maximum Gasteiger partial charge on any atom is 0.229 e. The minimum absolute atomic E-state index is 0.0608. The summed E-state index contributed by atoms with van der Waals surface area (Å²) in [5.74, 6) is -1.61. The molecule has 6 heteroatoms. The summed E-state index contributed by atoms with van der Waals surface area (Å²) in [7, 11) is 0. The Kier molecular flexibility index (Phi) is 4.53. The van der Waals surface area contributed by atoms with Crippen molar-refractivity contribution in [3.63, 3.8) is 0 Å². The van der Waals surface area contributed by atoms with E-state index in [0.717, 1.165) is 17.3 Å². The summed E-state index contributed by atoms with van der Waals surface area (Å²) in [4.78, 5) is 26.1. The SMILES string of the molecule is Cc1ccc(N2C[C@H](C(=O)Nc3ccc(Cl)cc3F)CC2=O)cc1. The first-order chi connectivity index (χ1) is 11.4. The van der Waals surface area contributed by atoms with Crippen LogP contribution in [-0.2, 0) is 9.59 Å². The maximum atomic E-state index is 13.8. The summed E-state index contributed by atoms with van der Waals surface area (Å²) in [5.41, 5.74) is 1.92. The second kappa shape index (κ2) is 6.61. The van der Waals surface area contributed by atoms with Crippen molar-refractivity contribution in [2.24, 2.45) is 5.92 Å². The first-order valence-electron chi connectivity index (χ1n) is 7.57. The highest BCUT2D eigenvalue weighted by Gasteiger charge is 2.35. The monoisotopic (exact) mass is 346 g/mol. The number of halogens is 2. The third kappa shape index (κ3) is 3.41. The molecule has 2 aromatic carbocycles. The van der Waals surface area contributed by atoms with Gasteiger partial charge in [-0.25, -0.2) is 4.39 Å². The van der Waals surface area contributed by atoms with Crippen LogP contribution in [0.25, 0.3) is 0 Å². The number of aryl methyl sites for hydroxylation is 1. The van der Waals surface area contributed by atoms with Crippen molar-refractivity contribution >= 4 is 34.8 Å². The standard InChI is InChI=1S/C18H16ClFN2O2/c1-11-2-5-14(6-3-11)22-10-12(8-17(22)23)18(24)21-16-7-4-13(19)9-15(16)20/h2-7,9,12H,8,10H2,1H3,(H,21,24)/t12-/m1/s1. The van der Waals surface area contributed by atoms with Gasteiger partial charge >= 0.3 is 0 Å². The van der Waals surface area contributed by atoms with E-state index in [1.807, 2.05) is 31.2 Å². The fraction of sp³-hybridized carbons (Fsp3) is 0.222. The molecule has 1 aliphatic heterocycles. The van der Waals surface area contributed by atoms with Gasteiger partial charge in [0.15, 0.2) is 0 Å². The molecule has 0 saturated carbocycles. The van der Waals surface area contributed by atoms with E-state index in [4.69, 9.17) is 11.6 Å². The average molecular weight is 347 g/mol. The Bertz CT molecular complexity index is 792. The molecule has 0 unspecified atom stereocenters. The van der Waals surface area contributed by atoms with Crippen molar-refractivity contribution in [3.8, 4) is 0 Å². The van der Waals surface area contributed by atoms with Crippen LogP contribution in [0.3, 0.4) is 0 Å². The number of nitrogens with one attached hydrogen (secondary N) is 1. The maximum absolute atomic E-state index is 13.8. The van der Waals surface area contributed by atoms with Crippen molar-refractivity contribution < 1.29 is 14.0 Å². The molecule has 1 fully saturated rings. The number of amides is 2. The second-order valence-electron chi connectivity index (χ2n) is 5.85. The zero-order chi connectivity index (χ0) is 17.3. The smallest absolute Gasteiger partial charge is 0.229 e. The van der Waals surface area contributed by atoms with Crippen molar-refractivity contribution in [1.29, 1.82) is 0 Å². The highest BCUT2D eigenvalue weighted by Crippen LogP contribution is 2.27. The normalized spacial score (nSPS) is 17.2. The van der Waals surface area contributed by atoms with Crippen LogP contribution >= 0.6 is 11.6 Å². The molecular weight excluding hydrogens is 331 g/mol. The third-order valence-electron chi connectivity index (χ3n) is 4.03. The van der Waals surface area contributed by atoms with E-state index in [1.54, 1.807) is 4.90 Å². The largest absolute Gasteiger partial charge is 0.323 e. The van der Waals surface area contributed by atoms with Crippen LogP contribution in [0.5, 0.6) is 0 Å². The topological polar surface area (TPSA) is 49.4 Å². The number of hydrogen-bond acceptors (Lipinski definition) is 2. The molecule has 2 amide bonds. The Morgan fingerprint density at radius 2 is 1.96 bits per heavy atom. The molecule has 2 aromatic rings. The van der Waals surface area contributed by atoms with Crippen LogP contribution in [0, 0.1) is 18.7 Å². The van der Waals surface area contributed by atoms with Crippen LogP contribution in [0.1, 0.15) is 12.0 Å². The van der Waals surface area contributed by atoms with E-state index >= 15 is 0 Å². The number of carbonyl (C=O) groups excluding carboxylic acids is 2. The van der Waals surface area contributed by atoms with Crippen LogP contribution in [0.15, 0.2) is 42.5 Å². The molecule has 0 radical (unpaired) electrons. The summed E-state index contributed by atoms with van der Waals surface area (Å²) < 4.78 is 13.8. The number of hydrogen-bond donors (Lipinski definition) is 1. The van der Waals surface area contributed by atoms with Crippen molar-refractivity contribution in [2.45, 2.75) is 13.3 Å². The molecular formula is C18H16ClFN2O2. The van der Waals surface area contributed by atoms with Crippen molar-refractivity contribution in [1.82, 2.24) is 0 Å². The first-order valence-corrected chi connectivity index (χ1v) is 7.95. The molecule has 0 aromatic heterocycles. The van der Waals surface area contributed by atoms with E-state index in [2.05, 4.69) is 5.32 Å². The summed E-state index contributed by atoms with van der Waals surface area (Å²) in [6.07, 6.45) is 0.106. The Hall–Kier alpha value is -2.40. The minimum Gasteiger partial charge on any atom is -0.323 e. The van der Waals surface area contributed by atoms with Gasteiger partial charge in [-0.2, -0.15) is 0 Å². The lowest BCUT2D eigenvalue weighted by atomic mass is 10.1. The molecule has 1 heterocycles. The summed E-state index contributed by atoms with van der Waals surface area (Å²) >= 11 is 5.69. The van der Waals surface area contributed by atoms with Crippen molar-refractivity contribution in [3.05, 3.63) is 58.9 Å². The molecule has 1 saturated heterocycles. The lowest BCUT2D eigenvalue weighted by Gasteiger charge is -2.17. The molecule has 24 heavy (non-hydrogen) atoms. The van der Waals surface area contributed by atoms with Crippen LogP contribution in [0.4, 0.5) is 15.8 Å². The molecule has 1 atom stereocenters. The fourth-order valence-corrected chi connectivity index (χ4v) is 2.84. The molecule has 0 spiro atoms. The van der Waals surface area contributed by atoms with Crippen LogP contribution in [-0.4, -0.2) is 18.4 Å². The van der Waals surface area contributed by atoms with E-state index in [-0.39, 0.29) is 35.5 Å². The Balaban J connectivity index is 1.70. The van der Waals surface area contributed by atoms with Gasteiger partial charge in [-0.1, -0.05) is 29.3 Å². The Labute approximate surface area is 144 Å². The Morgan fingerprint density at radius 1 is 1.25 bits per heavy atom. The highest BCUT2D eigenvalue weighted by atomic mass is 35.5. The van der Waals surface area contributed by atoms with Gasteiger partial charge in [0.2, 0.25) is 11.8 Å². The third-order valence-corrected chi connectivity index (χ3v) is 4.27. The quantitative estimate of drug-likeness (QED) is 0.919. The molecule has 4 nitrogen and oxygen atoms in total. The number of nitrogens with zero attached hydrogens (tertiary/aromatic N) is 1. The highest BCUT2D eigenvalue weighted by molar-refractivity contribution is 6.30. The minimum atomic E-state index is -0.601. The molecule has 124 valence electrons. The summed E-state index contributed by atoms with van der Waals surface area (Å²) in [6.45, 7) is 2.25. The van der Waals surface area contributed by atoms with E-state index in [0.29, 0.717) is 0 Å². The van der Waals surface area contributed by atoms with E-state index in [9.17, 15) is 14.0 Å². The number of benzene rings is 2. The van der Waals surface area contributed by atoms with Crippen molar-refractivity contribution in [2.75, 3.05) is 16.8 Å². The van der Waals surface area contributed by atoms with Gasteiger partial charge < -0.3 is 10.2 Å². The summed E-state index contributed by atoms with van der Waals surface area (Å²) in [6, 6.07) is 11.6. The molecule has 0 aliphatic carbocycles.